The summed E-state index contributed by atoms with van der Waals surface area (Å²) in [5.41, 5.74) is 2.84. The molecule has 6 heteroatoms. The second-order valence-corrected chi connectivity index (χ2v) is 5.17. The predicted molar refractivity (Wildman–Crippen MR) is 81.7 cm³/mol. The summed E-state index contributed by atoms with van der Waals surface area (Å²) in [6.45, 7) is 2.01. The fraction of sp³-hybridized carbons (Fsp3) is 0.0714. The molecule has 0 saturated heterocycles. The molecule has 4 nitrogen and oxygen atoms in total. The zero-order valence-corrected chi connectivity index (χ0v) is 12.2. The van der Waals surface area contributed by atoms with Crippen molar-refractivity contribution in [1.82, 2.24) is 19.7 Å². The summed E-state index contributed by atoms with van der Waals surface area (Å²) in [5, 5.41) is 7.74. The first kappa shape index (κ1) is 13.0. The molecule has 0 aliphatic carbocycles. The molecule has 0 aliphatic rings. The van der Waals surface area contributed by atoms with Crippen LogP contribution in [-0.4, -0.2) is 19.7 Å². The van der Waals surface area contributed by atoms with Gasteiger partial charge in [0.2, 0.25) is 0 Å². The van der Waals surface area contributed by atoms with Gasteiger partial charge in [0.25, 0.3) is 0 Å². The zero-order chi connectivity index (χ0) is 14.1. The van der Waals surface area contributed by atoms with E-state index in [0.717, 1.165) is 16.8 Å². The molecular weight excluding hydrogens is 292 g/mol. The highest BCUT2D eigenvalue weighted by Gasteiger charge is 2.13. The van der Waals surface area contributed by atoms with Gasteiger partial charge < -0.3 is 0 Å². The molecule has 0 atom stereocenters. The van der Waals surface area contributed by atoms with E-state index in [2.05, 4.69) is 15.2 Å². The minimum atomic E-state index is 0.504. The Morgan fingerprint density at radius 1 is 1.20 bits per heavy atom. The average molecular weight is 303 g/mol. The number of nitrogens with zero attached hydrogens (tertiary/aromatic N) is 3. The highest BCUT2D eigenvalue weighted by atomic mass is 35.5. The molecule has 0 saturated carbocycles. The highest BCUT2D eigenvalue weighted by Crippen LogP contribution is 2.26. The van der Waals surface area contributed by atoms with Crippen LogP contribution >= 0.6 is 23.8 Å². The minimum Gasteiger partial charge on any atom is -0.267 e. The molecule has 3 rings (SSSR count). The van der Waals surface area contributed by atoms with Crippen LogP contribution in [0, 0.1) is 11.7 Å². The van der Waals surface area contributed by atoms with E-state index >= 15 is 0 Å². The third kappa shape index (κ3) is 2.26. The maximum atomic E-state index is 6.30. The largest absolute Gasteiger partial charge is 0.267 e. The monoisotopic (exact) mass is 302 g/mol. The van der Waals surface area contributed by atoms with E-state index in [1.165, 1.54) is 0 Å². The number of hydrogen-bond donors (Lipinski definition) is 1. The van der Waals surface area contributed by atoms with Gasteiger partial charge in [-0.05, 0) is 49.0 Å². The molecule has 2 heterocycles. The van der Waals surface area contributed by atoms with Crippen LogP contribution in [0.4, 0.5) is 0 Å². The van der Waals surface area contributed by atoms with Gasteiger partial charge in [-0.2, -0.15) is 5.10 Å². The first-order chi connectivity index (χ1) is 9.66. The molecule has 0 aliphatic heterocycles. The molecule has 20 heavy (non-hydrogen) atoms. The van der Waals surface area contributed by atoms with Crippen molar-refractivity contribution >= 4 is 23.8 Å². The summed E-state index contributed by atoms with van der Waals surface area (Å²) in [6, 6.07) is 9.56. The van der Waals surface area contributed by atoms with E-state index in [1.54, 1.807) is 12.4 Å². The van der Waals surface area contributed by atoms with Gasteiger partial charge in [-0.25, -0.2) is 0 Å². The Morgan fingerprint density at radius 2 is 1.95 bits per heavy atom. The normalized spacial score (nSPS) is 10.7. The zero-order valence-electron chi connectivity index (χ0n) is 10.7. The van der Waals surface area contributed by atoms with Gasteiger partial charge in [0.1, 0.15) is 0 Å². The van der Waals surface area contributed by atoms with Crippen molar-refractivity contribution in [3.63, 3.8) is 0 Å². The number of H-pyrrole nitrogens is 1. The lowest BCUT2D eigenvalue weighted by molar-refractivity contribution is 1.03. The lowest BCUT2D eigenvalue weighted by Gasteiger charge is -2.09. The van der Waals surface area contributed by atoms with Crippen molar-refractivity contribution in [2.75, 3.05) is 0 Å². The number of aromatic nitrogens is 4. The second kappa shape index (κ2) is 5.19. The molecule has 0 unspecified atom stereocenters. The number of benzene rings is 1. The number of pyridine rings is 1. The lowest BCUT2D eigenvalue weighted by atomic mass is 10.2. The maximum Gasteiger partial charge on any atom is 0.200 e. The minimum absolute atomic E-state index is 0.504. The van der Waals surface area contributed by atoms with Crippen LogP contribution < -0.4 is 0 Å². The quantitative estimate of drug-likeness (QED) is 0.729. The molecule has 2 aromatic heterocycles. The van der Waals surface area contributed by atoms with E-state index in [9.17, 15) is 0 Å². The van der Waals surface area contributed by atoms with Crippen LogP contribution in [-0.2, 0) is 0 Å². The summed E-state index contributed by atoms with van der Waals surface area (Å²) in [6.07, 6.45) is 3.44. The number of halogens is 1. The van der Waals surface area contributed by atoms with Gasteiger partial charge in [-0.1, -0.05) is 17.7 Å². The van der Waals surface area contributed by atoms with Gasteiger partial charge in [0, 0.05) is 18.0 Å². The molecule has 0 amide bonds. The first-order valence-electron chi connectivity index (χ1n) is 6.01. The Morgan fingerprint density at radius 3 is 2.70 bits per heavy atom. The molecule has 100 valence electrons. The van der Waals surface area contributed by atoms with Crippen molar-refractivity contribution in [3.05, 3.63) is 58.1 Å². The summed E-state index contributed by atoms with van der Waals surface area (Å²) in [5.74, 6) is 0.713. The molecule has 1 aromatic carbocycles. The van der Waals surface area contributed by atoms with Crippen LogP contribution in [0.1, 0.15) is 5.56 Å². The van der Waals surface area contributed by atoms with Gasteiger partial charge in [-0.15, -0.1) is 0 Å². The standard InChI is InChI=1S/C14H11ClN4S/c1-9-2-3-11(15)12(8-9)19-13(17-18-14(19)20)10-4-6-16-7-5-10/h2-8H,1H3,(H,18,20). The fourth-order valence-corrected chi connectivity index (χ4v) is 2.44. The molecular formula is C14H11ClN4S. The van der Waals surface area contributed by atoms with E-state index in [1.807, 2.05) is 41.8 Å². The predicted octanol–water partition coefficient (Wildman–Crippen LogP) is 3.95. The SMILES string of the molecule is Cc1ccc(Cl)c(-n2c(-c3ccncc3)n[nH]c2=S)c1. The molecule has 1 N–H and O–H groups in total. The number of rotatable bonds is 2. The summed E-state index contributed by atoms with van der Waals surface area (Å²) in [4.78, 5) is 4.01. The number of nitrogens with one attached hydrogen (secondary N) is 1. The Bertz CT molecular complexity index is 808. The van der Waals surface area contributed by atoms with Crippen LogP contribution in [0.2, 0.25) is 5.02 Å². The van der Waals surface area contributed by atoms with Crippen LogP contribution in [0.5, 0.6) is 0 Å². The van der Waals surface area contributed by atoms with Crippen molar-refractivity contribution in [2.24, 2.45) is 0 Å². The lowest BCUT2D eigenvalue weighted by Crippen LogP contribution is -1.99. The maximum absolute atomic E-state index is 6.30. The molecule has 0 radical (unpaired) electrons. The first-order valence-corrected chi connectivity index (χ1v) is 6.80. The van der Waals surface area contributed by atoms with E-state index in [4.69, 9.17) is 23.8 Å². The van der Waals surface area contributed by atoms with E-state index in [0.29, 0.717) is 15.6 Å². The Kier molecular flexibility index (Phi) is 3.38. The fourth-order valence-electron chi connectivity index (χ4n) is 2.01. The van der Waals surface area contributed by atoms with Crippen molar-refractivity contribution in [2.45, 2.75) is 6.92 Å². The highest BCUT2D eigenvalue weighted by molar-refractivity contribution is 7.71. The third-order valence-corrected chi connectivity index (χ3v) is 3.55. The number of aryl methyl sites for hydroxylation is 1. The van der Waals surface area contributed by atoms with Crippen LogP contribution in [0.25, 0.3) is 17.1 Å². The summed E-state index contributed by atoms with van der Waals surface area (Å²) < 4.78 is 2.34. The molecule has 0 bridgehead atoms. The van der Waals surface area contributed by atoms with Crippen molar-refractivity contribution in [3.8, 4) is 17.1 Å². The van der Waals surface area contributed by atoms with Gasteiger partial charge in [0.05, 0.1) is 10.7 Å². The number of hydrogen-bond acceptors (Lipinski definition) is 3. The molecule has 0 spiro atoms. The Balaban J connectivity index is 2.27. The van der Waals surface area contributed by atoms with Crippen molar-refractivity contribution < 1.29 is 0 Å². The summed E-state index contributed by atoms with van der Waals surface area (Å²) in [7, 11) is 0. The van der Waals surface area contributed by atoms with Gasteiger partial charge >= 0.3 is 0 Å². The Hall–Kier alpha value is -1.98. The van der Waals surface area contributed by atoms with Crippen LogP contribution in [0.15, 0.2) is 42.7 Å². The summed E-state index contributed by atoms with van der Waals surface area (Å²) >= 11 is 11.6. The Labute approximate surface area is 126 Å². The van der Waals surface area contributed by atoms with Crippen LogP contribution in [0.3, 0.4) is 0 Å². The van der Waals surface area contributed by atoms with E-state index < -0.39 is 0 Å². The smallest absolute Gasteiger partial charge is 0.200 e. The van der Waals surface area contributed by atoms with Gasteiger partial charge in [0.15, 0.2) is 10.6 Å². The second-order valence-electron chi connectivity index (χ2n) is 4.38. The van der Waals surface area contributed by atoms with Crippen molar-refractivity contribution in [1.29, 1.82) is 0 Å². The van der Waals surface area contributed by atoms with Gasteiger partial charge in [-0.3, -0.25) is 14.6 Å². The number of aromatic amines is 1. The average Bonchev–Trinajstić information content (AvgIpc) is 2.84. The molecule has 3 aromatic rings. The molecule has 0 fully saturated rings. The third-order valence-electron chi connectivity index (χ3n) is 2.95. The topological polar surface area (TPSA) is 46.5 Å². The van der Waals surface area contributed by atoms with E-state index in [-0.39, 0.29) is 0 Å².